The van der Waals surface area contributed by atoms with Crippen molar-refractivity contribution in [3.05, 3.63) is 59.8 Å². The average molecular weight is 480 g/mol. The van der Waals surface area contributed by atoms with E-state index in [1.807, 2.05) is 10.7 Å². The van der Waals surface area contributed by atoms with Gasteiger partial charge in [0.25, 0.3) is 0 Å². The van der Waals surface area contributed by atoms with Crippen LogP contribution >= 0.6 is 0 Å². The summed E-state index contributed by atoms with van der Waals surface area (Å²) in [4.78, 5) is 28.1. The van der Waals surface area contributed by atoms with Crippen molar-refractivity contribution in [2.24, 2.45) is 5.92 Å². The van der Waals surface area contributed by atoms with E-state index in [0.29, 0.717) is 23.2 Å². The first-order valence-electron chi connectivity index (χ1n) is 11.6. The van der Waals surface area contributed by atoms with Crippen LogP contribution in [0.5, 0.6) is 11.5 Å². The van der Waals surface area contributed by atoms with Crippen molar-refractivity contribution >= 4 is 23.3 Å². The molecular formula is C26H30FN5O3. The lowest BCUT2D eigenvalue weighted by Crippen LogP contribution is -2.22. The number of aromatic nitrogens is 3. The van der Waals surface area contributed by atoms with E-state index < -0.39 is 11.8 Å². The third-order valence-electron chi connectivity index (χ3n) is 5.56. The fraction of sp³-hybridized carbons (Fsp3) is 0.385. The summed E-state index contributed by atoms with van der Waals surface area (Å²) in [6.07, 6.45) is 4.05. The van der Waals surface area contributed by atoms with Crippen LogP contribution in [0.4, 0.5) is 20.7 Å². The molecule has 9 heteroatoms. The maximum atomic E-state index is 14.7. The average Bonchev–Trinajstić information content (AvgIpc) is 3.48. The summed E-state index contributed by atoms with van der Waals surface area (Å²) in [5.41, 5.74) is 1.31. The van der Waals surface area contributed by atoms with Gasteiger partial charge in [-0.05, 0) is 43.9 Å². The number of hydrogen-bond acceptors (Lipinski definition) is 5. The Morgan fingerprint density at radius 1 is 1.11 bits per heavy atom. The van der Waals surface area contributed by atoms with Gasteiger partial charge in [0.15, 0.2) is 0 Å². The van der Waals surface area contributed by atoms with Gasteiger partial charge in [-0.25, -0.2) is 13.9 Å². The number of anilines is 2. The number of Topliss-reactive ketones (excluding diaryl/α,β-unsaturated/α-hetero) is 1. The number of urea groups is 1. The molecular weight excluding hydrogens is 449 g/mol. The number of benzene rings is 1. The summed E-state index contributed by atoms with van der Waals surface area (Å²) < 4.78 is 22.2. The van der Waals surface area contributed by atoms with Gasteiger partial charge in [0.05, 0.1) is 17.1 Å². The standard InChI is InChI=1S/C26H30FN5O3/c1-16(33)11-18-12-20(9-10-28-18)35-19-7-8-22(21(27)13-19)29-25(34)30-24-14-23(26(2,3)4)31-32(24)15-17-5-6-17/h7-10,12-14,17H,5-6,11,15H2,1-4H3,(H2,29,30,34). The molecule has 0 unspecified atom stereocenters. The second kappa shape index (κ2) is 9.85. The zero-order valence-corrected chi connectivity index (χ0v) is 20.4. The highest BCUT2D eigenvalue weighted by Gasteiger charge is 2.26. The van der Waals surface area contributed by atoms with E-state index in [1.54, 1.807) is 18.2 Å². The lowest BCUT2D eigenvalue weighted by Gasteiger charge is -2.14. The molecule has 2 heterocycles. The van der Waals surface area contributed by atoms with Crippen molar-refractivity contribution in [1.29, 1.82) is 0 Å². The fourth-order valence-corrected chi connectivity index (χ4v) is 3.51. The van der Waals surface area contributed by atoms with E-state index in [4.69, 9.17) is 4.74 Å². The quantitative estimate of drug-likeness (QED) is 0.432. The number of ketones is 1. The minimum Gasteiger partial charge on any atom is -0.457 e. The van der Waals surface area contributed by atoms with Crippen LogP contribution in [0.15, 0.2) is 42.6 Å². The molecule has 0 bridgehead atoms. The summed E-state index contributed by atoms with van der Waals surface area (Å²) in [5.74, 6) is 1.20. The third-order valence-corrected chi connectivity index (χ3v) is 5.56. The van der Waals surface area contributed by atoms with Gasteiger partial charge in [0, 0.05) is 42.8 Å². The molecule has 2 amide bonds. The molecule has 4 rings (SSSR count). The summed E-state index contributed by atoms with van der Waals surface area (Å²) >= 11 is 0. The van der Waals surface area contributed by atoms with E-state index in [-0.39, 0.29) is 29.1 Å². The predicted octanol–water partition coefficient (Wildman–Crippen LogP) is 5.69. The molecule has 1 aromatic carbocycles. The van der Waals surface area contributed by atoms with Crippen LogP contribution in [-0.4, -0.2) is 26.6 Å². The van der Waals surface area contributed by atoms with Crippen LogP contribution in [0.2, 0.25) is 0 Å². The van der Waals surface area contributed by atoms with Crippen molar-refractivity contribution in [2.45, 2.75) is 58.9 Å². The van der Waals surface area contributed by atoms with Gasteiger partial charge in [-0.2, -0.15) is 5.10 Å². The Morgan fingerprint density at radius 2 is 1.86 bits per heavy atom. The Morgan fingerprint density at radius 3 is 2.51 bits per heavy atom. The number of carbonyl (C=O) groups is 2. The minimum atomic E-state index is -0.641. The zero-order valence-electron chi connectivity index (χ0n) is 20.4. The van der Waals surface area contributed by atoms with Crippen molar-refractivity contribution < 1.29 is 18.7 Å². The largest absolute Gasteiger partial charge is 0.457 e. The number of nitrogens with one attached hydrogen (secondary N) is 2. The lowest BCUT2D eigenvalue weighted by molar-refractivity contribution is -0.116. The topological polar surface area (TPSA) is 98.1 Å². The minimum absolute atomic E-state index is 0.0142. The molecule has 2 N–H and O–H groups in total. The van der Waals surface area contributed by atoms with Crippen molar-refractivity contribution in [3.8, 4) is 11.5 Å². The summed E-state index contributed by atoms with van der Waals surface area (Å²) in [6.45, 7) is 8.42. The Hall–Kier alpha value is -3.75. The number of ether oxygens (including phenoxy) is 1. The molecule has 1 fully saturated rings. The molecule has 0 radical (unpaired) electrons. The summed E-state index contributed by atoms with van der Waals surface area (Å²) in [6, 6.07) is 8.74. The number of rotatable bonds is 8. The lowest BCUT2D eigenvalue weighted by atomic mass is 9.92. The second-order valence-corrected chi connectivity index (χ2v) is 9.97. The molecule has 1 aliphatic rings. The molecule has 1 aliphatic carbocycles. The van der Waals surface area contributed by atoms with E-state index in [9.17, 15) is 14.0 Å². The highest BCUT2D eigenvalue weighted by atomic mass is 19.1. The molecule has 184 valence electrons. The van der Waals surface area contributed by atoms with E-state index in [1.165, 1.54) is 25.3 Å². The molecule has 0 atom stereocenters. The number of amides is 2. The normalized spacial score (nSPS) is 13.4. The molecule has 0 aliphatic heterocycles. The maximum absolute atomic E-state index is 14.7. The van der Waals surface area contributed by atoms with Crippen LogP contribution in [0, 0.1) is 11.7 Å². The molecule has 1 saturated carbocycles. The van der Waals surface area contributed by atoms with Crippen LogP contribution in [0.3, 0.4) is 0 Å². The van der Waals surface area contributed by atoms with Crippen molar-refractivity contribution in [1.82, 2.24) is 14.8 Å². The highest BCUT2D eigenvalue weighted by molar-refractivity contribution is 5.99. The van der Waals surface area contributed by atoms with Gasteiger partial charge in [-0.3, -0.25) is 15.1 Å². The van der Waals surface area contributed by atoms with Crippen LogP contribution in [-0.2, 0) is 23.2 Å². The number of hydrogen-bond donors (Lipinski definition) is 2. The zero-order chi connectivity index (χ0) is 25.2. The van der Waals surface area contributed by atoms with Crippen LogP contribution < -0.4 is 15.4 Å². The van der Waals surface area contributed by atoms with Crippen LogP contribution in [0.25, 0.3) is 0 Å². The molecule has 0 saturated heterocycles. The summed E-state index contributed by atoms with van der Waals surface area (Å²) in [5, 5.41) is 10.0. The van der Waals surface area contributed by atoms with Crippen LogP contribution in [0.1, 0.15) is 51.9 Å². The van der Waals surface area contributed by atoms with Gasteiger partial charge < -0.3 is 10.1 Å². The van der Waals surface area contributed by atoms with Gasteiger partial charge in [-0.15, -0.1) is 0 Å². The van der Waals surface area contributed by atoms with Crippen molar-refractivity contribution in [2.75, 3.05) is 10.6 Å². The Balaban J connectivity index is 1.42. The van der Waals surface area contributed by atoms with Gasteiger partial charge in [0.2, 0.25) is 0 Å². The molecule has 8 nitrogen and oxygen atoms in total. The molecule has 3 aromatic rings. The van der Waals surface area contributed by atoms with Gasteiger partial charge >= 0.3 is 6.03 Å². The number of pyridine rings is 1. The van der Waals surface area contributed by atoms with E-state index in [2.05, 4.69) is 41.5 Å². The third kappa shape index (κ3) is 6.65. The van der Waals surface area contributed by atoms with E-state index >= 15 is 0 Å². The van der Waals surface area contributed by atoms with Gasteiger partial charge in [-0.1, -0.05) is 20.8 Å². The molecule has 2 aromatic heterocycles. The maximum Gasteiger partial charge on any atom is 0.324 e. The first-order valence-corrected chi connectivity index (χ1v) is 11.6. The Kier molecular flexibility index (Phi) is 6.86. The SMILES string of the molecule is CC(=O)Cc1cc(Oc2ccc(NC(=O)Nc3cc(C(C)(C)C)nn3CC3CC3)c(F)c2)ccn1. The summed E-state index contributed by atoms with van der Waals surface area (Å²) in [7, 11) is 0. The monoisotopic (exact) mass is 479 g/mol. The first kappa shape index (κ1) is 24.4. The predicted molar refractivity (Wildman–Crippen MR) is 131 cm³/mol. The van der Waals surface area contributed by atoms with E-state index in [0.717, 1.165) is 25.1 Å². The fourth-order valence-electron chi connectivity index (χ4n) is 3.51. The number of nitrogens with zero attached hydrogens (tertiary/aromatic N) is 3. The first-order chi connectivity index (χ1) is 16.6. The molecule has 35 heavy (non-hydrogen) atoms. The Bertz CT molecular complexity index is 1240. The number of carbonyl (C=O) groups excluding carboxylic acids is 2. The van der Waals surface area contributed by atoms with Gasteiger partial charge in [0.1, 0.15) is 28.9 Å². The number of halogens is 1. The second-order valence-electron chi connectivity index (χ2n) is 9.97. The van der Waals surface area contributed by atoms with Crippen molar-refractivity contribution in [3.63, 3.8) is 0 Å². The Labute approximate surface area is 203 Å². The highest BCUT2D eigenvalue weighted by Crippen LogP contribution is 2.33. The smallest absolute Gasteiger partial charge is 0.324 e. The molecule has 0 spiro atoms.